The van der Waals surface area contributed by atoms with Gasteiger partial charge in [0.05, 0.1) is 12.7 Å². The standard InChI is InChI=1S/C14H15FN4O2/c1-7-4-9(16)6-10(12(7)15)13(20)19-14-17-8(2)5-11(18-14)21-3/h4-6H,16H2,1-3H3,(H,17,18,19,20). The largest absolute Gasteiger partial charge is 0.481 e. The van der Waals surface area contributed by atoms with E-state index in [0.717, 1.165) is 0 Å². The van der Waals surface area contributed by atoms with E-state index in [0.29, 0.717) is 22.8 Å². The Bertz CT molecular complexity index is 704. The van der Waals surface area contributed by atoms with Crippen LogP contribution in [0.1, 0.15) is 21.6 Å². The van der Waals surface area contributed by atoms with Crippen molar-refractivity contribution in [2.45, 2.75) is 13.8 Å². The lowest BCUT2D eigenvalue weighted by molar-refractivity contribution is 0.102. The number of nitrogens with one attached hydrogen (secondary N) is 1. The van der Waals surface area contributed by atoms with E-state index in [1.165, 1.54) is 26.2 Å². The van der Waals surface area contributed by atoms with Gasteiger partial charge in [-0.15, -0.1) is 0 Å². The molecule has 2 rings (SSSR count). The van der Waals surface area contributed by atoms with Crippen molar-refractivity contribution in [3.05, 3.63) is 40.8 Å². The highest BCUT2D eigenvalue weighted by molar-refractivity contribution is 6.04. The fraction of sp³-hybridized carbons (Fsp3) is 0.214. The van der Waals surface area contributed by atoms with Crippen molar-refractivity contribution < 1.29 is 13.9 Å². The molecule has 0 saturated heterocycles. The van der Waals surface area contributed by atoms with Crippen LogP contribution in [0.25, 0.3) is 0 Å². The smallest absolute Gasteiger partial charge is 0.261 e. The van der Waals surface area contributed by atoms with Gasteiger partial charge in [-0.2, -0.15) is 4.98 Å². The zero-order chi connectivity index (χ0) is 15.6. The normalized spacial score (nSPS) is 10.3. The first-order valence-electron chi connectivity index (χ1n) is 6.17. The molecule has 21 heavy (non-hydrogen) atoms. The van der Waals surface area contributed by atoms with Gasteiger partial charge in [0.1, 0.15) is 5.82 Å². The van der Waals surface area contributed by atoms with E-state index >= 15 is 0 Å². The number of nitrogen functional groups attached to an aromatic ring is 1. The van der Waals surface area contributed by atoms with Crippen LogP contribution in [0.2, 0.25) is 0 Å². The summed E-state index contributed by atoms with van der Waals surface area (Å²) in [6.07, 6.45) is 0. The van der Waals surface area contributed by atoms with Crippen molar-refractivity contribution in [3.63, 3.8) is 0 Å². The number of anilines is 2. The summed E-state index contributed by atoms with van der Waals surface area (Å²) in [4.78, 5) is 20.1. The lowest BCUT2D eigenvalue weighted by atomic mass is 10.1. The highest BCUT2D eigenvalue weighted by Crippen LogP contribution is 2.19. The zero-order valence-corrected chi connectivity index (χ0v) is 11.9. The van der Waals surface area contributed by atoms with E-state index < -0.39 is 11.7 Å². The van der Waals surface area contributed by atoms with E-state index in [-0.39, 0.29) is 11.5 Å². The number of benzene rings is 1. The summed E-state index contributed by atoms with van der Waals surface area (Å²) in [6.45, 7) is 3.26. The van der Waals surface area contributed by atoms with Gasteiger partial charge in [0.15, 0.2) is 0 Å². The molecule has 1 aromatic heterocycles. The number of amides is 1. The average molecular weight is 290 g/mol. The van der Waals surface area contributed by atoms with Crippen LogP contribution >= 0.6 is 0 Å². The first-order valence-corrected chi connectivity index (χ1v) is 6.17. The lowest BCUT2D eigenvalue weighted by Gasteiger charge is -2.09. The number of hydrogen-bond acceptors (Lipinski definition) is 5. The number of rotatable bonds is 3. The van der Waals surface area contributed by atoms with Crippen LogP contribution < -0.4 is 15.8 Å². The number of carbonyl (C=O) groups excluding carboxylic acids is 1. The molecular formula is C14H15FN4O2. The summed E-state index contributed by atoms with van der Waals surface area (Å²) in [5, 5.41) is 2.43. The molecule has 0 aliphatic rings. The van der Waals surface area contributed by atoms with Crippen LogP contribution in [0.3, 0.4) is 0 Å². The molecule has 1 aromatic carbocycles. The molecule has 3 N–H and O–H groups in total. The van der Waals surface area contributed by atoms with Crippen molar-refractivity contribution in [3.8, 4) is 5.88 Å². The van der Waals surface area contributed by atoms with Gasteiger partial charge in [-0.3, -0.25) is 10.1 Å². The lowest BCUT2D eigenvalue weighted by Crippen LogP contribution is -2.17. The third kappa shape index (κ3) is 3.25. The maximum absolute atomic E-state index is 14.0. The number of aryl methyl sites for hydroxylation is 2. The summed E-state index contributed by atoms with van der Waals surface area (Å²) >= 11 is 0. The Morgan fingerprint density at radius 1 is 1.29 bits per heavy atom. The Hall–Kier alpha value is -2.70. The van der Waals surface area contributed by atoms with Crippen LogP contribution in [0, 0.1) is 19.7 Å². The zero-order valence-electron chi connectivity index (χ0n) is 11.9. The van der Waals surface area contributed by atoms with Crippen LogP contribution in [0.5, 0.6) is 5.88 Å². The SMILES string of the molecule is COc1cc(C)nc(NC(=O)c2cc(N)cc(C)c2F)n1. The number of nitrogens with zero attached hydrogens (tertiary/aromatic N) is 2. The molecule has 110 valence electrons. The molecule has 0 atom stereocenters. The third-order valence-corrected chi connectivity index (χ3v) is 2.79. The average Bonchev–Trinajstić information content (AvgIpc) is 2.41. The van der Waals surface area contributed by atoms with Crippen molar-refractivity contribution in [1.82, 2.24) is 9.97 Å². The summed E-state index contributed by atoms with van der Waals surface area (Å²) in [7, 11) is 1.45. The first-order chi connectivity index (χ1) is 9.90. The maximum atomic E-state index is 14.0. The fourth-order valence-electron chi connectivity index (χ4n) is 1.83. The topological polar surface area (TPSA) is 90.1 Å². The third-order valence-electron chi connectivity index (χ3n) is 2.79. The van der Waals surface area contributed by atoms with Crippen LogP contribution in [0.4, 0.5) is 16.0 Å². The second-order valence-corrected chi connectivity index (χ2v) is 4.53. The number of hydrogen-bond donors (Lipinski definition) is 2. The Kier molecular flexibility index (Phi) is 4.02. The van der Waals surface area contributed by atoms with Gasteiger partial charge >= 0.3 is 0 Å². The van der Waals surface area contributed by atoms with Gasteiger partial charge in [0.2, 0.25) is 11.8 Å². The predicted molar refractivity (Wildman–Crippen MR) is 76.8 cm³/mol. The van der Waals surface area contributed by atoms with Crippen molar-refractivity contribution in [2.24, 2.45) is 0 Å². The summed E-state index contributed by atoms with van der Waals surface area (Å²) in [6, 6.07) is 4.34. The summed E-state index contributed by atoms with van der Waals surface area (Å²) < 4.78 is 19.0. The quantitative estimate of drug-likeness (QED) is 0.845. The van der Waals surface area contributed by atoms with E-state index in [2.05, 4.69) is 15.3 Å². The Morgan fingerprint density at radius 2 is 2.00 bits per heavy atom. The number of aromatic nitrogens is 2. The van der Waals surface area contributed by atoms with Crippen molar-refractivity contribution in [1.29, 1.82) is 0 Å². The van der Waals surface area contributed by atoms with Crippen LogP contribution in [-0.2, 0) is 0 Å². The molecule has 1 amide bonds. The molecule has 0 spiro atoms. The molecule has 0 radical (unpaired) electrons. The van der Waals surface area contributed by atoms with E-state index in [4.69, 9.17) is 10.5 Å². The van der Waals surface area contributed by atoms with E-state index in [9.17, 15) is 9.18 Å². The van der Waals surface area contributed by atoms with Crippen LogP contribution in [0.15, 0.2) is 18.2 Å². The molecule has 0 aliphatic heterocycles. The number of nitrogens with two attached hydrogens (primary N) is 1. The van der Waals surface area contributed by atoms with E-state index in [1.807, 2.05) is 0 Å². The minimum atomic E-state index is -0.671. The van der Waals surface area contributed by atoms with Gasteiger partial charge < -0.3 is 10.5 Å². The minimum absolute atomic E-state index is 0.0383. The van der Waals surface area contributed by atoms with E-state index in [1.54, 1.807) is 13.0 Å². The molecule has 2 aromatic rings. The highest BCUT2D eigenvalue weighted by atomic mass is 19.1. The summed E-state index contributed by atoms with van der Waals surface area (Å²) in [5.74, 6) is -0.949. The van der Waals surface area contributed by atoms with Gasteiger partial charge in [0.25, 0.3) is 5.91 Å². The number of methoxy groups -OCH3 is 1. The molecule has 7 heteroatoms. The van der Waals surface area contributed by atoms with Gasteiger partial charge in [0, 0.05) is 17.4 Å². The molecule has 6 nitrogen and oxygen atoms in total. The van der Waals surface area contributed by atoms with Crippen molar-refractivity contribution in [2.75, 3.05) is 18.2 Å². The molecule has 0 unspecified atom stereocenters. The first kappa shape index (κ1) is 14.7. The highest BCUT2D eigenvalue weighted by Gasteiger charge is 2.16. The Morgan fingerprint density at radius 3 is 2.67 bits per heavy atom. The number of halogens is 1. The van der Waals surface area contributed by atoms with Crippen molar-refractivity contribution >= 4 is 17.5 Å². The molecule has 0 bridgehead atoms. The van der Waals surface area contributed by atoms with Gasteiger partial charge in [-0.1, -0.05) is 0 Å². The second kappa shape index (κ2) is 5.74. The molecule has 0 fully saturated rings. The molecule has 0 saturated carbocycles. The maximum Gasteiger partial charge on any atom is 0.261 e. The number of ether oxygens (including phenoxy) is 1. The Balaban J connectivity index is 2.32. The molecular weight excluding hydrogens is 275 g/mol. The predicted octanol–water partition coefficient (Wildman–Crippen LogP) is 2.08. The fourth-order valence-corrected chi connectivity index (χ4v) is 1.83. The molecule has 0 aliphatic carbocycles. The molecule has 1 heterocycles. The van der Waals surface area contributed by atoms with Gasteiger partial charge in [-0.25, -0.2) is 9.37 Å². The summed E-state index contributed by atoms with van der Waals surface area (Å²) in [5.41, 5.74) is 6.69. The minimum Gasteiger partial charge on any atom is -0.481 e. The van der Waals surface area contributed by atoms with Crippen LogP contribution in [-0.4, -0.2) is 23.0 Å². The monoisotopic (exact) mass is 290 g/mol. The number of carbonyl (C=O) groups is 1. The van der Waals surface area contributed by atoms with Gasteiger partial charge in [-0.05, 0) is 31.5 Å². The Labute approximate surface area is 121 Å². The second-order valence-electron chi connectivity index (χ2n) is 4.53.